The second-order valence-electron chi connectivity index (χ2n) is 4.12. The lowest BCUT2D eigenvalue weighted by Crippen LogP contribution is -2.31. The molecule has 5 nitrogen and oxygen atoms in total. The molecule has 92 valence electrons. The van der Waals surface area contributed by atoms with Gasteiger partial charge in [-0.05, 0) is 0 Å². The zero-order chi connectivity index (χ0) is 12.4. The minimum absolute atomic E-state index is 0.0952. The predicted molar refractivity (Wildman–Crippen MR) is 66.0 cm³/mol. The standard InChI is InChI=1S/C13H13N3O2/c17-13(15-6-7-18-10-15)16-8-12(14-9-16)11-4-2-1-3-5-11/h1-5,8-9H,6-7,10H2. The van der Waals surface area contributed by atoms with E-state index in [1.54, 1.807) is 17.4 Å². The van der Waals surface area contributed by atoms with Gasteiger partial charge in [0.05, 0.1) is 12.3 Å². The highest BCUT2D eigenvalue weighted by atomic mass is 16.5. The fraction of sp³-hybridized carbons (Fsp3) is 0.231. The Balaban J connectivity index is 1.83. The van der Waals surface area contributed by atoms with Gasteiger partial charge in [-0.25, -0.2) is 9.78 Å². The van der Waals surface area contributed by atoms with E-state index in [9.17, 15) is 4.79 Å². The number of imidazole rings is 1. The normalized spacial score (nSPS) is 15.0. The summed E-state index contributed by atoms with van der Waals surface area (Å²) in [5.41, 5.74) is 1.80. The van der Waals surface area contributed by atoms with Crippen LogP contribution in [0.1, 0.15) is 0 Å². The van der Waals surface area contributed by atoms with Crippen LogP contribution in [0.3, 0.4) is 0 Å². The van der Waals surface area contributed by atoms with E-state index in [0.717, 1.165) is 11.3 Å². The monoisotopic (exact) mass is 243 g/mol. The zero-order valence-electron chi connectivity index (χ0n) is 9.82. The van der Waals surface area contributed by atoms with E-state index in [1.807, 2.05) is 30.3 Å². The van der Waals surface area contributed by atoms with Gasteiger partial charge in [0, 0.05) is 18.3 Å². The van der Waals surface area contributed by atoms with Crippen molar-refractivity contribution in [2.24, 2.45) is 0 Å². The molecule has 0 bridgehead atoms. The van der Waals surface area contributed by atoms with Crippen molar-refractivity contribution in [3.63, 3.8) is 0 Å². The van der Waals surface area contributed by atoms with Crippen molar-refractivity contribution < 1.29 is 9.53 Å². The highest BCUT2D eigenvalue weighted by Crippen LogP contribution is 2.16. The third kappa shape index (κ3) is 2.00. The van der Waals surface area contributed by atoms with Crippen LogP contribution in [-0.4, -0.2) is 40.4 Å². The lowest BCUT2D eigenvalue weighted by Gasteiger charge is -2.12. The van der Waals surface area contributed by atoms with Gasteiger partial charge in [0.25, 0.3) is 0 Å². The number of hydrogen-bond donors (Lipinski definition) is 0. The first-order valence-electron chi connectivity index (χ1n) is 5.81. The maximum atomic E-state index is 12.1. The van der Waals surface area contributed by atoms with Crippen LogP contribution >= 0.6 is 0 Å². The first-order chi connectivity index (χ1) is 8.84. The lowest BCUT2D eigenvalue weighted by atomic mass is 10.2. The maximum Gasteiger partial charge on any atom is 0.331 e. The molecule has 5 heteroatoms. The molecule has 1 aliphatic heterocycles. The number of rotatable bonds is 1. The highest BCUT2D eigenvalue weighted by molar-refractivity contribution is 5.78. The minimum Gasteiger partial charge on any atom is -0.359 e. The molecule has 0 radical (unpaired) electrons. The second kappa shape index (κ2) is 4.62. The molecule has 1 aromatic heterocycles. The summed E-state index contributed by atoms with van der Waals surface area (Å²) < 4.78 is 6.66. The molecule has 2 heterocycles. The Labute approximate surface area is 105 Å². The summed E-state index contributed by atoms with van der Waals surface area (Å²) in [5, 5.41) is 0. The van der Waals surface area contributed by atoms with E-state index in [4.69, 9.17) is 4.74 Å². The van der Waals surface area contributed by atoms with E-state index in [-0.39, 0.29) is 6.03 Å². The van der Waals surface area contributed by atoms with Crippen molar-refractivity contribution in [1.29, 1.82) is 0 Å². The van der Waals surface area contributed by atoms with Gasteiger partial charge in [-0.15, -0.1) is 0 Å². The number of ether oxygens (including phenoxy) is 1. The number of amides is 1. The fourth-order valence-electron chi connectivity index (χ4n) is 1.91. The predicted octanol–water partition coefficient (Wildman–Crippen LogP) is 1.81. The fourth-order valence-corrected chi connectivity index (χ4v) is 1.91. The molecule has 3 rings (SSSR count). The highest BCUT2D eigenvalue weighted by Gasteiger charge is 2.20. The molecule has 18 heavy (non-hydrogen) atoms. The molecule has 1 saturated heterocycles. The van der Waals surface area contributed by atoms with Crippen LogP contribution in [0.25, 0.3) is 11.3 Å². The number of carbonyl (C=O) groups is 1. The van der Waals surface area contributed by atoms with Crippen molar-refractivity contribution in [2.75, 3.05) is 19.9 Å². The molecular weight excluding hydrogens is 230 g/mol. The largest absolute Gasteiger partial charge is 0.359 e. The molecule has 0 saturated carbocycles. The summed E-state index contributed by atoms with van der Waals surface area (Å²) in [4.78, 5) is 18.0. The lowest BCUT2D eigenvalue weighted by molar-refractivity contribution is 0.145. The van der Waals surface area contributed by atoms with Crippen LogP contribution < -0.4 is 0 Å². The third-order valence-electron chi connectivity index (χ3n) is 2.90. The molecular formula is C13H13N3O2. The molecule has 0 spiro atoms. The topological polar surface area (TPSA) is 47.4 Å². The molecule has 0 N–H and O–H groups in total. The Morgan fingerprint density at radius 1 is 1.28 bits per heavy atom. The summed E-state index contributed by atoms with van der Waals surface area (Å²) in [6, 6.07) is 9.69. The summed E-state index contributed by atoms with van der Waals surface area (Å²) in [6.07, 6.45) is 3.29. The number of nitrogens with zero attached hydrogens (tertiary/aromatic N) is 3. The Bertz CT molecular complexity index is 544. The quantitative estimate of drug-likeness (QED) is 0.767. The van der Waals surface area contributed by atoms with Crippen LogP contribution in [-0.2, 0) is 4.74 Å². The molecule has 1 fully saturated rings. The average Bonchev–Trinajstić information content (AvgIpc) is 3.10. The van der Waals surface area contributed by atoms with Gasteiger partial charge in [-0.2, -0.15) is 0 Å². The van der Waals surface area contributed by atoms with Crippen LogP contribution in [0, 0.1) is 0 Å². The van der Waals surface area contributed by atoms with Crippen molar-refractivity contribution >= 4 is 6.03 Å². The Morgan fingerprint density at radius 3 is 2.83 bits per heavy atom. The number of hydrogen-bond acceptors (Lipinski definition) is 3. The molecule has 1 aliphatic rings. The van der Waals surface area contributed by atoms with E-state index in [2.05, 4.69) is 4.98 Å². The minimum atomic E-state index is -0.0952. The molecule has 1 amide bonds. The summed E-state index contributed by atoms with van der Waals surface area (Å²) in [7, 11) is 0. The van der Waals surface area contributed by atoms with Gasteiger partial charge in [0.15, 0.2) is 0 Å². The van der Waals surface area contributed by atoms with Gasteiger partial charge < -0.3 is 4.74 Å². The SMILES string of the molecule is O=C(N1CCOC1)n1cnc(-c2ccccc2)c1. The maximum absolute atomic E-state index is 12.1. The number of aromatic nitrogens is 2. The van der Waals surface area contributed by atoms with Gasteiger partial charge in [-0.1, -0.05) is 30.3 Å². The van der Waals surface area contributed by atoms with Gasteiger partial charge in [0.2, 0.25) is 0 Å². The Kier molecular flexibility index (Phi) is 2.82. The molecule has 1 aromatic carbocycles. The van der Waals surface area contributed by atoms with Crippen molar-refractivity contribution in [1.82, 2.24) is 14.5 Å². The van der Waals surface area contributed by atoms with Crippen LogP contribution in [0.2, 0.25) is 0 Å². The van der Waals surface area contributed by atoms with E-state index >= 15 is 0 Å². The second-order valence-corrected chi connectivity index (χ2v) is 4.12. The third-order valence-corrected chi connectivity index (χ3v) is 2.90. The molecule has 0 unspecified atom stereocenters. The van der Waals surface area contributed by atoms with E-state index in [0.29, 0.717) is 19.9 Å². The Hall–Kier alpha value is -2.14. The van der Waals surface area contributed by atoms with E-state index in [1.165, 1.54) is 4.57 Å². The molecule has 2 aromatic rings. The number of benzene rings is 1. The molecule has 0 atom stereocenters. The van der Waals surface area contributed by atoms with E-state index < -0.39 is 0 Å². The van der Waals surface area contributed by atoms with Gasteiger partial charge in [0.1, 0.15) is 13.1 Å². The summed E-state index contributed by atoms with van der Waals surface area (Å²) in [5.74, 6) is 0. The van der Waals surface area contributed by atoms with Crippen molar-refractivity contribution in [2.45, 2.75) is 0 Å². The smallest absolute Gasteiger partial charge is 0.331 e. The zero-order valence-corrected chi connectivity index (χ0v) is 9.82. The first kappa shape index (κ1) is 11.0. The first-order valence-corrected chi connectivity index (χ1v) is 5.81. The van der Waals surface area contributed by atoms with Crippen LogP contribution in [0.5, 0.6) is 0 Å². The van der Waals surface area contributed by atoms with Crippen LogP contribution in [0.4, 0.5) is 4.79 Å². The van der Waals surface area contributed by atoms with Crippen LogP contribution in [0.15, 0.2) is 42.9 Å². The molecule has 0 aliphatic carbocycles. The summed E-state index contributed by atoms with van der Waals surface area (Å²) >= 11 is 0. The average molecular weight is 243 g/mol. The van der Waals surface area contributed by atoms with Gasteiger partial charge >= 0.3 is 6.03 Å². The number of carbonyl (C=O) groups excluding carboxylic acids is 1. The van der Waals surface area contributed by atoms with Gasteiger partial charge in [-0.3, -0.25) is 9.47 Å². The van der Waals surface area contributed by atoms with Crippen molar-refractivity contribution in [3.8, 4) is 11.3 Å². The summed E-state index contributed by atoms with van der Waals surface area (Å²) in [6.45, 7) is 1.60. The van der Waals surface area contributed by atoms with Crippen molar-refractivity contribution in [3.05, 3.63) is 42.9 Å². The Morgan fingerprint density at radius 2 is 2.11 bits per heavy atom.